The third kappa shape index (κ3) is 3.53. The lowest BCUT2D eigenvalue weighted by Crippen LogP contribution is -2.45. The van der Waals surface area contributed by atoms with Gasteiger partial charge in [-0.2, -0.15) is 0 Å². The number of hydrogen-bond acceptors (Lipinski definition) is 6. The Balaban J connectivity index is 0.00000225. The number of nitrogens with one attached hydrogen (secondary N) is 1. The molecular weight excluding hydrogens is 384 g/mol. The van der Waals surface area contributed by atoms with E-state index in [2.05, 4.69) is 24.3 Å². The second-order valence-electron chi connectivity index (χ2n) is 8.41. The number of fused-ring (bicyclic) bond motifs is 1. The molecule has 3 fully saturated rings. The summed E-state index contributed by atoms with van der Waals surface area (Å²) in [5.74, 6) is 0.143. The van der Waals surface area contributed by atoms with Crippen molar-refractivity contribution in [3.63, 3.8) is 0 Å². The van der Waals surface area contributed by atoms with E-state index in [0.29, 0.717) is 31.3 Å². The maximum Gasteiger partial charge on any atom is 0.229 e. The third-order valence-corrected chi connectivity index (χ3v) is 5.96. The monoisotopic (exact) mass is 412 g/mol. The summed E-state index contributed by atoms with van der Waals surface area (Å²) < 4.78 is 11.5. The summed E-state index contributed by atoms with van der Waals surface area (Å²) in [6.07, 6.45) is 2.32. The van der Waals surface area contributed by atoms with E-state index in [1.165, 1.54) is 0 Å². The molecule has 9 heteroatoms. The number of carbonyl (C=O) groups is 2. The lowest BCUT2D eigenvalue weighted by molar-refractivity contribution is -0.138. The highest BCUT2D eigenvalue weighted by molar-refractivity contribution is 5.92. The zero-order valence-electron chi connectivity index (χ0n) is 16.3. The van der Waals surface area contributed by atoms with Gasteiger partial charge in [0.15, 0.2) is 5.76 Å². The molecule has 8 nitrogen and oxygen atoms in total. The van der Waals surface area contributed by atoms with E-state index in [9.17, 15) is 9.59 Å². The molecular formula is C19H29ClN4O4. The van der Waals surface area contributed by atoms with Gasteiger partial charge in [0.1, 0.15) is 0 Å². The molecule has 156 valence electrons. The highest BCUT2D eigenvalue weighted by atomic mass is 35.5. The van der Waals surface area contributed by atoms with Gasteiger partial charge in [-0.1, -0.05) is 19.0 Å². The highest BCUT2D eigenvalue weighted by Gasteiger charge is 2.68. The minimum absolute atomic E-state index is 0. The number of rotatable bonds is 7. The minimum atomic E-state index is -0.504. The van der Waals surface area contributed by atoms with Crippen LogP contribution in [-0.4, -0.2) is 53.2 Å². The Morgan fingerprint density at radius 3 is 3.00 bits per heavy atom. The van der Waals surface area contributed by atoms with Gasteiger partial charge in [-0.05, 0) is 25.2 Å². The lowest BCUT2D eigenvalue weighted by atomic mass is 9.73. The first-order chi connectivity index (χ1) is 12.9. The molecule has 4 rings (SSSR count). The van der Waals surface area contributed by atoms with E-state index in [-0.39, 0.29) is 36.9 Å². The Kier molecular flexibility index (Phi) is 6.03. The smallest absolute Gasteiger partial charge is 0.229 e. The van der Waals surface area contributed by atoms with Crippen molar-refractivity contribution in [1.82, 2.24) is 15.4 Å². The normalized spacial score (nSPS) is 30.6. The van der Waals surface area contributed by atoms with Gasteiger partial charge in [-0.15, -0.1) is 12.4 Å². The molecule has 3 N–H and O–H groups in total. The summed E-state index contributed by atoms with van der Waals surface area (Å²) in [7, 11) is 0. The average Bonchev–Trinajstić information content (AvgIpc) is 3.35. The second-order valence-corrected chi connectivity index (χ2v) is 8.41. The molecule has 3 aliphatic heterocycles. The van der Waals surface area contributed by atoms with Gasteiger partial charge in [-0.3, -0.25) is 9.59 Å². The molecule has 0 aromatic carbocycles. The van der Waals surface area contributed by atoms with Crippen molar-refractivity contribution in [2.75, 3.05) is 19.6 Å². The minimum Gasteiger partial charge on any atom is -0.368 e. The molecule has 28 heavy (non-hydrogen) atoms. The van der Waals surface area contributed by atoms with Gasteiger partial charge < -0.3 is 25.2 Å². The molecule has 1 aromatic rings. The molecule has 3 aliphatic rings. The molecule has 4 atom stereocenters. The lowest BCUT2D eigenvalue weighted by Gasteiger charge is -2.26. The predicted molar refractivity (Wildman–Crippen MR) is 104 cm³/mol. The third-order valence-electron chi connectivity index (χ3n) is 5.96. The van der Waals surface area contributed by atoms with Gasteiger partial charge in [0.25, 0.3) is 0 Å². The van der Waals surface area contributed by atoms with Crippen molar-refractivity contribution in [1.29, 1.82) is 0 Å². The van der Waals surface area contributed by atoms with E-state index < -0.39 is 17.4 Å². The van der Waals surface area contributed by atoms with Crippen LogP contribution in [0.25, 0.3) is 0 Å². The molecule has 0 saturated carbocycles. The quantitative estimate of drug-likeness (QED) is 0.687. The van der Waals surface area contributed by atoms with Crippen molar-refractivity contribution in [2.45, 2.75) is 51.4 Å². The number of nitrogens with zero attached hydrogens (tertiary/aromatic N) is 2. The molecule has 3 saturated heterocycles. The van der Waals surface area contributed by atoms with Crippen LogP contribution < -0.4 is 11.1 Å². The molecule has 0 aliphatic carbocycles. The standard InChI is InChI=1S/C19H28N4O4.ClH/c1-11(2)7-12-8-13(27-22-12)9-21-17(24)15-14-3-4-19(26-14)10-23(6-5-20)18(25)16(15)19;/h8,11,14-16H,3-7,9-10,20H2,1-2H3,(H,21,24);1H/t14-,15-,16+,19-;/m0./s1. The Labute approximate surface area is 170 Å². The summed E-state index contributed by atoms with van der Waals surface area (Å²) >= 11 is 0. The van der Waals surface area contributed by atoms with Crippen LogP contribution in [-0.2, 0) is 27.3 Å². The molecule has 1 aromatic heterocycles. The van der Waals surface area contributed by atoms with Gasteiger partial charge in [-0.25, -0.2) is 0 Å². The number of carbonyl (C=O) groups excluding carboxylic acids is 2. The molecule has 1 spiro atoms. The zero-order chi connectivity index (χ0) is 19.2. The van der Waals surface area contributed by atoms with E-state index in [1.54, 1.807) is 4.90 Å². The summed E-state index contributed by atoms with van der Waals surface area (Å²) in [5, 5.41) is 6.96. The van der Waals surface area contributed by atoms with Crippen LogP contribution in [0, 0.1) is 17.8 Å². The number of nitrogens with two attached hydrogens (primary N) is 1. The molecule has 2 amide bonds. The van der Waals surface area contributed by atoms with Crippen LogP contribution in [0.15, 0.2) is 10.6 Å². The number of halogens is 1. The van der Waals surface area contributed by atoms with Crippen LogP contribution in [0.2, 0.25) is 0 Å². The number of aromatic nitrogens is 1. The van der Waals surface area contributed by atoms with E-state index in [4.69, 9.17) is 15.0 Å². The van der Waals surface area contributed by atoms with Crippen molar-refractivity contribution < 1.29 is 18.8 Å². The Hall–Kier alpha value is -1.64. The maximum absolute atomic E-state index is 12.9. The van der Waals surface area contributed by atoms with E-state index in [0.717, 1.165) is 25.0 Å². The summed E-state index contributed by atoms with van der Waals surface area (Å²) in [5.41, 5.74) is 6.01. The first kappa shape index (κ1) is 21.1. The van der Waals surface area contributed by atoms with Crippen LogP contribution in [0.3, 0.4) is 0 Å². The fourth-order valence-electron chi connectivity index (χ4n) is 4.93. The Morgan fingerprint density at radius 1 is 1.50 bits per heavy atom. The van der Waals surface area contributed by atoms with Gasteiger partial charge in [0, 0.05) is 19.2 Å². The van der Waals surface area contributed by atoms with Crippen molar-refractivity contribution in [3.05, 3.63) is 17.5 Å². The van der Waals surface area contributed by atoms with Crippen molar-refractivity contribution in [2.24, 2.45) is 23.5 Å². The van der Waals surface area contributed by atoms with Crippen LogP contribution in [0.1, 0.15) is 38.1 Å². The molecule has 4 heterocycles. The molecule has 0 unspecified atom stereocenters. The van der Waals surface area contributed by atoms with Crippen molar-refractivity contribution >= 4 is 24.2 Å². The number of amides is 2. The van der Waals surface area contributed by atoms with Crippen LogP contribution in [0.4, 0.5) is 0 Å². The molecule has 2 bridgehead atoms. The van der Waals surface area contributed by atoms with Crippen LogP contribution >= 0.6 is 12.4 Å². The van der Waals surface area contributed by atoms with Gasteiger partial charge in [0.2, 0.25) is 11.8 Å². The first-order valence-electron chi connectivity index (χ1n) is 9.82. The first-order valence-corrected chi connectivity index (χ1v) is 9.82. The van der Waals surface area contributed by atoms with E-state index >= 15 is 0 Å². The zero-order valence-corrected chi connectivity index (χ0v) is 17.2. The summed E-state index contributed by atoms with van der Waals surface area (Å²) in [6.45, 7) is 5.98. The van der Waals surface area contributed by atoms with E-state index in [1.807, 2.05) is 6.07 Å². The Bertz CT molecular complexity index is 739. The summed E-state index contributed by atoms with van der Waals surface area (Å²) in [4.78, 5) is 27.5. The fourth-order valence-corrected chi connectivity index (χ4v) is 4.93. The number of likely N-dealkylation sites (tertiary alicyclic amines) is 1. The average molecular weight is 413 g/mol. The SMILES string of the molecule is CC(C)Cc1cc(CNC(=O)[C@H]2[C@@H]3CC[C@@]4(CN(CCN)C(=O)[C@@H]24)O3)on1.Cl. The van der Waals surface area contributed by atoms with Gasteiger partial charge in [0.05, 0.1) is 42.3 Å². The number of ether oxygens (including phenoxy) is 1. The molecule has 0 radical (unpaired) electrons. The summed E-state index contributed by atoms with van der Waals surface area (Å²) in [6, 6.07) is 1.88. The fraction of sp³-hybridized carbons (Fsp3) is 0.737. The second kappa shape index (κ2) is 8.00. The van der Waals surface area contributed by atoms with Crippen molar-refractivity contribution in [3.8, 4) is 0 Å². The highest BCUT2D eigenvalue weighted by Crippen LogP contribution is 2.55. The topological polar surface area (TPSA) is 111 Å². The van der Waals surface area contributed by atoms with Crippen LogP contribution in [0.5, 0.6) is 0 Å². The largest absolute Gasteiger partial charge is 0.368 e. The Morgan fingerprint density at radius 2 is 2.29 bits per heavy atom. The predicted octanol–water partition coefficient (Wildman–Crippen LogP) is 0.876. The number of hydrogen-bond donors (Lipinski definition) is 2. The maximum atomic E-state index is 12.9. The van der Waals surface area contributed by atoms with Gasteiger partial charge >= 0.3 is 0 Å².